The average Bonchev–Trinajstić information content (AvgIpc) is 2.58. The second-order valence-electron chi connectivity index (χ2n) is 5.77. The zero-order valence-electron chi connectivity index (χ0n) is 9.92. The molecule has 1 aliphatic carbocycles. The Labute approximate surface area is 106 Å². The standard InChI is InChI=1S/C13H19ClOS/c1-12(2)5-7-13(15,8-6-12)9-10-3-4-11(14)16-10/h3-4,15H,5-9H2,1-2H3. The highest BCUT2D eigenvalue weighted by molar-refractivity contribution is 7.16. The van der Waals surface area contributed by atoms with Crippen molar-refractivity contribution in [3.05, 3.63) is 21.3 Å². The Balaban J connectivity index is 1.99. The van der Waals surface area contributed by atoms with Gasteiger partial charge in [-0.25, -0.2) is 0 Å². The van der Waals surface area contributed by atoms with Crippen molar-refractivity contribution in [3.63, 3.8) is 0 Å². The zero-order chi connectivity index (χ0) is 11.8. The van der Waals surface area contributed by atoms with Gasteiger partial charge in [0, 0.05) is 11.3 Å². The van der Waals surface area contributed by atoms with Crippen LogP contribution in [-0.2, 0) is 6.42 Å². The van der Waals surface area contributed by atoms with Crippen molar-refractivity contribution in [2.75, 3.05) is 0 Å². The molecule has 0 atom stereocenters. The molecule has 1 aromatic heterocycles. The third-order valence-corrected chi connectivity index (χ3v) is 4.90. The van der Waals surface area contributed by atoms with E-state index in [-0.39, 0.29) is 0 Å². The van der Waals surface area contributed by atoms with E-state index in [0.29, 0.717) is 5.41 Å². The van der Waals surface area contributed by atoms with Gasteiger partial charge in [0.05, 0.1) is 9.94 Å². The van der Waals surface area contributed by atoms with Gasteiger partial charge in [0.25, 0.3) is 0 Å². The molecule has 0 saturated heterocycles. The summed E-state index contributed by atoms with van der Waals surface area (Å²) in [6.45, 7) is 4.57. The fourth-order valence-corrected chi connectivity index (χ4v) is 3.56. The van der Waals surface area contributed by atoms with Gasteiger partial charge < -0.3 is 5.11 Å². The molecule has 3 heteroatoms. The lowest BCUT2D eigenvalue weighted by molar-refractivity contribution is -0.0245. The highest BCUT2D eigenvalue weighted by Crippen LogP contribution is 2.42. The molecule has 1 heterocycles. The van der Waals surface area contributed by atoms with E-state index < -0.39 is 5.60 Å². The Morgan fingerprint density at radius 2 is 1.88 bits per heavy atom. The Kier molecular flexibility index (Phi) is 3.35. The van der Waals surface area contributed by atoms with E-state index in [1.54, 1.807) is 11.3 Å². The molecule has 1 nitrogen and oxygen atoms in total. The Bertz CT molecular complexity index is 360. The molecule has 0 radical (unpaired) electrons. The third kappa shape index (κ3) is 2.99. The predicted molar refractivity (Wildman–Crippen MR) is 70.2 cm³/mol. The fraction of sp³-hybridized carbons (Fsp3) is 0.692. The van der Waals surface area contributed by atoms with E-state index in [9.17, 15) is 5.11 Å². The first-order chi connectivity index (χ1) is 7.39. The van der Waals surface area contributed by atoms with Crippen molar-refractivity contribution in [2.45, 2.75) is 51.6 Å². The fourth-order valence-electron chi connectivity index (χ4n) is 2.34. The summed E-state index contributed by atoms with van der Waals surface area (Å²) in [6, 6.07) is 3.95. The van der Waals surface area contributed by atoms with Crippen molar-refractivity contribution >= 4 is 22.9 Å². The van der Waals surface area contributed by atoms with E-state index in [2.05, 4.69) is 13.8 Å². The Hall–Kier alpha value is -0.0500. The monoisotopic (exact) mass is 258 g/mol. The van der Waals surface area contributed by atoms with Crippen molar-refractivity contribution in [3.8, 4) is 0 Å². The van der Waals surface area contributed by atoms with Crippen molar-refractivity contribution in [1.82, 2.24) is 0 Å². The summed E-state index contributed by atoms with van der Waals surface area (Å²) in [7, 11) is 0. The van der Waals surface area contributed by atoms with Crippen molar-refractivity contribution in [1.29, 1.82) is 0 Å². The van der Waals surface area contributed by atoms with Gasteiger partial charge in [-0.05, 0) is 43.2 Å². The molecular formula is C13H19ClOS. The molecule has 1 N–H and O–H groups in total. The summed E-state index contributed by atoms with van der Waals surface area (Å²) in [6.07, 6.45) is 4.82. The molecule has 2 rings (SSSR count). The van der Waals surface area contributed by atoms with Crippen LogP contribution in [0.15, 0.2) is 12.1 Å². The summed E-state index contributed by atoms with van der Waals surface area (Å²) in [5.74, 6) is 0. The maximum Gasteiger partial charge on any atom is 0.0931 e. The van der Waals surface area contributed by atoms with Crippen LogP contribution in [0.4, 0.5) is 0 Å². The summed E-state index contributed by atoms with van der Waals surface area (Å²) >= 11 is 7.49. The van der Waals surface area contributed by atoms with Crippen LogP contribution >= 0.6 is 22.9 Å². The van der Waals surface area contributed by atoms with Crippen LogP contribution < -0.4 is 0 Å². The summed E-state index contributed by atoms with van der Waals surface area (Å²) in [4.78, 5) is 1.20. The first-order valence-electron chi connectivity index (χ1n) is 5.85. The Morgan fingerprint density at radius 1 is 1.25 bits per heavy atom. The number of hydrogen-bond acceptors (Lipinski definition) is 2. The van der Waals surface area contributed by atoms with Gasteiger partial charge in [0.1, 0.15) is 0 Å². The number of rotatable bonds is 2. The minimum atomic E-state index is -0.496. The van der Waals surface area contributed by atoms with E-state index in [0.717, 1.165) is 36.4 Å². The molecule has 0 unspecified atom stereocenters. The first kappa shape index (κ1) is 12.4. The molecule has 0 bridgehead atoms. The summed E-state index contributed by atoms with van der Waals surface area (Å²) in [5, 5.41) is 10.5. The van der Waals surface area contributed by atoms with Crippen LogP contribution in [0.3, 0.4) is 0 Å². The molecular weight excluding hydrogens is 240 g/mol. The Morgan fingerprint density at radius 3 is 2.38 bits per heavy atom. The molecule has 16 heavy (non-hydrogen) atoms. The SMILES string of the molecule is CC1(C)CCC(O)(Cc2ccc(Cl)s2)CC1. The minimum Gasteiger partial charge on any atom is -0.390 e. The van der Waals surface area contributed by atoms with Crippen molar-refractivity contribution in [2.24, 2.45) is 5.41 Å². The van der Waals surface area contributed by atoms with Crippen LogP contribution in [-0.4, -0.2) is 10.7 Å². The molecule has 1 saturated carbocycles. The van der Waals surface area contributed by atoms with Gasteiger partial charge in [0.2, 0.25) is 0 Å². The lowest BCUT2D eigenvalue weighted by Crippen LogP contribution is -2.38. The van der Waals surface area contributed by atoms with Crippen LogP contribution in [0.5, 0.6) is 0 Å². The van der Waals surface area contributed by atoms with Crippen LogP contribution in [0.25, 0.3) is 0 Å². The van der Waals surface area contributed by atoms with Crippen molar-refractivity contribution < 1.29 is 5.11 Å². The molecule has 0 aliphatic heterocycles. The topological polar surface area (TPSA) is 20.2 Å². The van der Waals surface area contributed by atoms with E-state index in [4.69, 9.17) is 11.6 Å². The van der Waals surface area contributed by atoms with Crippen LogP contribution in [0.1, 0.15) is 44.4 Å². The summed E-state index contributed by atoms with van der Waals surface area (Å²) < 4.78 is 0.815. The minimum absolute atomic E-state index is 0.402. The smallest absolute Gasteiger partial charge is 0.0931 e. The van der Waals surface area contributed by atoms with Crippen LogP contribution in [0.2, 0.25) is 4.34 Å². The van der Waals surface area contributed by atoms with Gasteiger partial charge in [-0.15, -0.1) is 11.3 Å². The maximum absolute atomic E-state index is 10.5. The largest absolute Gasteiger partial charge is 0.390 e. The number of thiophene rings is 1. The molecule has 90 valence electrons. The molecule has 1 fully saturated rings. The van der Waals surface area contributed by atoms with Gasteiger partial charge in [-0.2, -0.15) is 0 Å². The molecule has 0 spiro atoms. The van der Waals surface area contributed by atoms with Gasteiger partial charge in [-0.1, -0.05) is 25.4 Å². The third-order valence-electron chi connectivity index (χ3n) is 3.67. The molecule has 0 amide bonds. The van der Waals surface area contributed by atoms with E-state index >= 15 is 0 Å². The second-order valence-corrected chi connectivity index (χ2v) is 7.57. The first-order valence-corrected chi connectivity index (χ1v) is 7.05. The number of halogens is 1. The van der Waals surface area contributed by atoms with Gasteiger partial charge in [0.15, 0.2) is 0 Å². The normalized spacial score (nSPS) is 23.2. The molecule has 1 aliphatic rings. The lowest BCUT2D eigenvalue weighted by atomic mass is 9.70. The van der Waals surface area contributed by atoms with E-state index in [1.165, 1.54) is 4.88 Å². The molecule has 1 aromatic rings. The maximum atomic E-state index is 10.5. The second kappa shape index (κ2) is 4.32. The van der Waals surface area contributed by atoms with Crippen LogP contribution in [0, 0.1) is 5.41 Å². The van der Waals surface area contributed by atoms with Gasteiger partial charge >= 0.3 is 0 Å². The van der Waals surface area contributed by atoms with E-state index in [1.807, 2.05) is 12.1 Å². The highest BCUT2D eigenvalue weighted by Gasteiger charge is 2.36. The number of hydrogen-bond donors (Lipinski definition) is 1. The van der Waals surface area contributed by atoms with Gasteiger partial charge in [-0.3, -0.25) is 0 Å². The highest BCUT2D eigenvalue weighted by atomic mass is 35.5. The number of aliphatic hydroxyl groups is 1. The predicted octanol–water partition coefficient (Wildman–Crippen LogP) is 4.28. The lowest BCUT2D eigenvalue weighted by Gasteiger charge is -2.40. The molecule has 0 aromatic carbocycles. The average molecular weight is 259 g/mol. The quantitative estimate of drug-likeness (QED) is 0.840. The zero-order valence-corrected chi connectivity index (χ0v) is 11.5. The summed E-state index contributed by atoms with van der Waals surface area (Å²) in [5.41, 5.74) is -0.0942.